The van der Waals surface area contributed by atoms with Crippen LogP contribution in [0, 0.1) is 0 Å². The van der Waals surface area contributed by atoms with Crippen LogP contribution in [0.3, 0.4) is 0 Å². The molecule has 4 heteroatoms. The van der Waals surface area contributed by atoms with Crippen molar-refractivity contribution >= 4 is 0 Å². The number of hydrogen-bond acceptors (Lipinski definition) is 3. The fourth-order valence-electron chi connectivity index (χ4n) is 1.39. The molecule has 3 N–H and O–H groups in total. The van der Waals surface area contributed by atoms with E-state index in [0.717, 1.165) is 5.69 Å². The Hall–Kier alpha value is -0.870. The lowest BCUT2D eigenvalue weighted by molar-refractivity contribution is 0.264. The lowest BCUT2D eigenvalue weighted by atomic mass is 10.2. The number of hydrogen-bond donors (Lipinski definition) is 2. The van der Waals surface area contributed by atoms with Gasteiger partial charge in [0, 0.05) is 24.7 Å². The van der Waals surface area contributed by atoms with Gasteiger partial charge in [-0.1, -0.05) is 0 Å². The van der Waals surface area contributed by atoms with Gasteiger partial charge in [0.1, 0.15) is 0 Å². The van der Waals surface area contributed by atoms with Gasteiger partial charge in [-0.15, -0.1) is 0 Å². The molecule has 0 radical (unpaired) electrons. The van der Waals surface area contributed by atoms with Crippen LogP contribution in [-0.2, 0) is 6.42 Å². The van der Waals surface area contributed by atoms with Crippen molar-refractivity contribution in [3.63, 3.8) is 0 Å². The quantitative estimate of drug-likeness (QED) is 0.691. The SMILES string of the molecule is NC(CO)Cc1cn(C2CC2)cn1. The third kappa shape index (κ3) is 2.08. The van der Waals surface area contributed by atoms with Crippen LogP contribution in [0.25, 0.3) is 0 Å². The lowest BCUT2D eigenvalue weighted by Crippen LogP contribution is -2.26. The Balaban J connectivity index is 1.96. The van der Waals surface area contributed by atoms with E-state index in [1.54, 1.807) is 0 Å². The first-order valence-corrected chi connectivity index (χ1v) is 4.68. The minimum Gasteiger partial charge on any atom is -0.395 e. The molecule has 1 aliphatic carbocycles. The van der Waals surface area contributed by atoms with Gasteiger partial charge in [-0.25, -0.2) is 4.98 Å². The number of aromatic nitrogens is 2. The number of aliphatic hydroxyl groups is 1. The maximum Gasteiger partial charge on any atom is 0.0951 e. The fraction of sp³-hybridized carbons (Fsp3) is 0.667. The van der Waals surface area contributed by atoms with E-state index < -0.39 is 0 Å². The van der Waals surface area contributed by atoms with E-state index in [9.17, 15) is 0 Å². The molecule has 1 aromatic heterocycles. The zero-order chi connectivity index (χ0) is 9.26. The maximum absolute atomic E-state index is 8.76. The Morgan fingerprint density at radius 2 is 2.46 bits per heavy atom. The highest BCUT2D eigenvalue weighted by Crippen LogP contribution is 2.34. The molecule has 1 aromatic rings. The topological polar surface area (TPSA) is 64.1 Å². The number of nitrogens with two attached hydrogens (primary N) is 1. The Labute approximate surface area is 77.4 Å². The number of rotatable bonds is 4. The lowest BCUT2D eigenvalue weighted by Gasteiger charge is -2.03. The van der Waals surface area contributed by atoms with Gasteiger partial charge in [0.25, 0.3) is 0 Å². The third-order valence-electron chi connectivity index (χ3n) is 2.33. The molecule has 1 aliphatic rings. The normalized spacial score (nSPS) is 18.9. The van der Waals surface area contributed by atoms with Gasteiger partial charge in [0.05, 0.1) is 18.6 Å². The predicted octanol–water partition coefficient (Wildman–Crippen LogP) is 0.0801. The van der Waals surface area contributed by atoms with Crippen LogP contribution < -0.4 is 5.73 Å². The highest BCUT2D eigenvalue weighted by Gasteiger charge is 2.23. The molecule has 0 bridgehead atoms. The molecule has 0 spiro atoms. The summed E-state index contributed by atoms with van der Waals surface area (Å²) in [5.74, 6) is 0. The zero-order valence-corrected chi connectivity index (χ0v) is 7.56. The predicted molar refractivity (Wildman–Crippen MR) is 49.3 cm³/mol. The highest BCUT2D eigenvalue weighted by molar-refractivity contribution is 5.02. The average Bonchev–Trinajstić information content (AvgIpc) is 2.88. The fourth-order valence-corrected chi connectivity index (χ4v) is 1.39. The number of aliphatic hydroxyl groups excluding tert-OH is 1. The van der Waals surface area contributed by atoms with Gasteiger partial charge < -0.3 is 15.4 Å². The molecule has 0 aliphatic heterocycles. The van der Waals surface area contributed by atoms with E-state index in [1.165, 1.54) is 12.8 Å². The molecule has 1 saturated carbocycles. The Morgan fingerprint density at radius 1 is 1.69 bits per heavy atom. The second-order valence-corrected chi connectivity index (χ2v) is 3.69. The number of imidazole rings is 1. The minimum atomic E-state index is -0.178. The molecule has 1 fully saturated rings. The minimum absolute atomic E-state index is 0.0241. The summed E-state index contributed by atoms with van der Waals surface area (Å²) in [5, 5.41) is 8.76. The first-order chi connectivity index (χ1) is 6.29. The van der Waals surface area contributed by atoms with Crippen molar-refractivity contribution < 1.29 is 5.11 Å². The van der Waals surface area contributed by atoms with Crippen LogP contribution in [0.4, 0.5) is 0 Å². The summed E-state index contributed by atoms with van der Waals surface area (Å²) in [6.45, 7) is 0.0241. The number of nitrogens with zero attached hydrogens (tertiary/aromatic N) is 2. The van der Waals surface area contributed by atoms with Crippen LogP contribution in [0.1, 0.15) is 24.6 Å². The molecular weight excluding hydrogens is 166 g/mol. The molecule has 72 valence electrons. The van der Waals surface area contributed by atoms with Crippen molar-refractivity contribution in [1.29, 1.82) is 0 Å². The van der Waals surface area contributed by atoms with Gasteiger partial charge in [-0.3, -0.25) is 0 Å². The monoisotopic (exact) mass is 181 g/mol. The van der Waals surface area contributed by atoms with Gasteiger partial charge in [-0.05, 0) is 12.8 Å². The summed E-state index contributed by atoms with van der Waals surface area (Å²) in [6, 6.07) is 0.495. The second kappa shape index (κ2) is 3.47. The second-order valence-electron chi connectivity index (χ2n) is 3.69. The summed E-state index contributed by atoms with van der Waals surface area (Å²) in [6.07, 6.45) is 7.09. The molecule has 0 saturated heterocycles. The van der Waals surface area contributed by atoms with E-state index in [0.29, 0.717) is 12.5 Å². The summed E-state index contributed by atoms with van der Waals surface area (Å²) < 4.78 is 2.14. The van der Waals surface area contributed by atoms with Crippen LogP contribution in [0.5, 0.6) is 0 Å². The summed E-state index contributed by atoms with van der Waals surface area (Å²) >= 11 is 0. The highest BCUT2D eigenvalue weighted by atomic mass is 16.3. The first kappa shape index (κ1) is 8.72. The summed E-state index contributed by atoms with van der Waals surface area (Å²) in [5.41, 5.74) is 6.59. The molecule has 1 atom stereocenters. The van der Waals surface area contributed by atoms with E-state index in [-0.39, 0.29) is 12.6 Å². The Morgan fingerprint density at radius 3 is 3.08 bits per heavy atom. The molecule has 13 heavy (non-hydrogen) atoms. The van der Waals surface area contributed by atoms with Crippen molar-refractivity contribution in [2.75, 3.05) is 6.61 Å². The van der Waals surface area contributed by atoms with Gasteiger partial charge in [0.2, 0.25) is 0 Å². The first-order valence-electron chi connectivity index (χ1n) is 4.68. The smallest absolute Gasteiger partial charge is 0.0951 e. The average molecular weight is 181 g/mol. The van der Waals surface area contributed by atoms with Gasteiger partial charge >= 0.3 is 0 Å². The van der Waals surface area contributed by atoms with Crippen LogP contribution in [-0.4, -0.2) is 27.3 Å². The van der Waals surface area contributed by atoms with E-state index in [1.807, 2.05) is 12.5 Å². The largest absolute Gasteiger partial charge is 0.395 e. The van der Waals surface area contributed by atoms with Crippen LogP contribution >= 0.6 is 0 Å². The molecule has 4 nitrogen and oxygen atoms in total. The van der Waals surface area contributed by atoms with E-state index >= 15 is 0 Å². The van der Waals surface area contributed by atoms with Crippen molar-refractivity contribution in [2.24, 2.45) is 5.73 Å². The van der Waals surface area contributed by atoms with Crippen molar-refractivity contribution in [1.82, 2.24) is 9.55 Å². The molecule has 1 heterocycles. The molecule has 0 aromatic carbocycles. The van der Waals surface area contributed by atoms with Crippen molar-refractivity contribution in [3.8, 4) is 0 Å². The zero-order valence-electron chi connectivity index (χ0n) is 7.56. The Kier molecular flexibility index (Phi) is 2.33. The van der Waals surface area contributed by atoms with Crippen LogP contribution in [0.2, 0.25) is 0 Å². The standard InChI is InChI=1S/C9H15N3O/c10-7(5-13)3-8-4-12(6-11-8)9-1-2-9/h4,6-7,9,13H,1-3,5,10H2. The van der Waals surface area contributed by atoms with Gasteiger partial charge in [-0.2, -0.15) is 0 Å². The van der Waals surface area contributed by atoms with E-state index in [4.69, 9.17) is 10.8 Å². The molecular formula is C9H15N3O. The molecule has 2 rings (SSSR count). The summed E-state index contributed by atoms with van der Waals surface area (Å²) in [4.78, 5) is 4.24. The maximum atomic E-state index is 8.76. The van der Waals surface area contributed by atoms with Crippen molar-refractivity contribution in [3.05, 3.63) is 18.2 Å². The third-order valence-corrected chi connectivity index (χ3v) is 2.33. The summed E-state index contributed by atoms with van der Waals surface area (Å²) in [7, 11) is 0. The van der Waals surface area contributed by atoms with E-state index in [2.05, 4.69) is 9.55 Å². The Bertz CT molecular complexity index is 280. The van der Waals surface area contributed by atoms with Crippen molar-refractivity contribution in [2.45, 2.75) is 31.3 Å². The van der Waals surface area contributed by atoms with Crippen LogP contribution in [0.15, 0.2) is 12.5 Å². The molecule has 1 unspecified atom stereocenters. The molecule has 0 amide bonds. The van der Waals surface area contributed by atoms with Gasteiger partial charge in [0.15, 0.2) is 0 Å².